The molecule has 1 heterocycles. The van der Waals surface area contributed by atoms with Crippen molar-refractivity contribution in [3.8, 4) is 11.5 Å². The minimum atomic E-state index is 0.112. The highest BCUT2D eigenvalue weighted by Gasteiger charge is 2.24. The summed E-state index contributed by atoms with van der Waals surface area (Å²) < 4.78 is 10.8. The number of carbonyl (C=O) groups excluding carboxylic acids is 1. The number of benzene rings is 1. The third-order valence-corrected chi connectivity index (χ3v) is 3.99. The Morgan fingerprint density at radius 1 is 1.41 bits per heavy atom. The first-order valence-corrected chi connectivity index (χ1v) is 7.94. The smallest absolute Gasteiger partial charge is 0.223 e. The first kappa shape index (κ1) is 16.6. The van der Waals surface area contributed by atoms with E-state index in [1.54, 1.807) is 7.11 Å². The van der Waals surface area contributed by atoms with Crippen LogP contribution in [0.15, 0.2) is 18.2 Å². The largest absolute Gasteiger partial charge is 0.493 e. The van der Waals surface area contributed by atoms with Crippen LogP contribution in [0.3, 0.4) is 0 Å². The molecule has 1 fully saturated rings. The van der Waals surface area contributed by atoms with E-state index in [1.165, 1.54) is 0 Å². The second kappa shape index (κ2) is 8.03. The maximum atomic E-state index is 12.3. The molecule has 0 spiro atoms. The van der Waals surface area contributed by atoms with Gasteiger partial charge in [-0.25, -0.2) is 0 Å². The molecule has 22 heavy (non-hydrogen) atoms. The number of carbonyl (C=O) groups is 1. The first-order valence-electron chi connectivity index (χ1n) is 7.94. The van der Waals surface area contributed by atoms with Gasteiger partial charge in [0.15, 0.2) is 11.5 Å². The lowest BCUT2D eigenvalue weighted by atomic mass is 9.92. The van der Waals surface area contributed by atoms with Crippen LogP contribution in [0.25, 0.3) is 0 Å². The summed E-state index contributed by atoms with van der Waals surface area (Å²) in [6.07, 6.45) is 1.81. The lowest BCUT2D eigenvalue weighted by Gasteiger charge is -2.27. The average Bonchev–Trinajstić information content (AvgIpc) is 2.53. The highest BCUT2D eigenvalue weighted by molar-refractivity contribution is 5.78. The molecule has 1 aliphatic heterocycles. The van der Waals surface area contributed by atoms with Crippen LogP contribution in [0.2, 0.25) is 0 Å². The van der Waals surface area contributed by atoms with E-state index in [9.17, 15) is 4.79 Å². The Kier molecular flexibility index (Phi) is 6.07. The van der Waals surface area contributed by atoms with Gasteiger partial charge >= 0.3 is 0 Å². The van der Waals surface area contributed by atoms with Crippen molar-refractivity contribution in [2.45, 2.75) is 39.3 Å². The normalized spacial score (nSPS) is 21.2. The monoisotopic (exact) mass is 306 g/mol. The SMILES string of the molecule is CCOc1cc(CNC(=O)[C@H]2CCN[C@@H](C)C2)ccc1OC. The summed E-state index contributed by atoms with van der Waals surface area (Å²) in [6, 6.07) is 6.16. The molecule has 2 atom stereocenters. The Bertz CT molecular complexity index is 505. The van der Waals surface area contributed by atoms with Gasteiger partial charge in [-0.15, -0.1) is 0 Å². The Morgan fingerprint density at radius 2 is 2.23 bits per heavy atom. The summed E-state index contributed by atoms with van der Waals surface area (Å²) in [4.78, 5) is 12.3. The molecule has 1 amide bonds. The van der Waals surface area contributed by atoms with Crippen molar-refractivity contribution in [3.05, 3.63) is 23.8 Å². The van der Waals surface area contributed by atoms with Gasteiger partial charge in [0.2, 0.25) is 5.91 Å². The highest BCUT2D eigenvalue weighted by Crippen LogP contribution is 2.28. The molecule has 2 rings (SSSR count). The van der Waals surface area contributed by atoms with Gasteiger partial charge < -0.3 is 20.1 Å². The van der Waals surface area contributed by atoms with Crippen LogP contribution in [-0.4, -0.2) is 32.2 Å². The average molecular weight is 306 g/mol. The van der Waals surface area contributed by atoms with Crippen molar-refractivity contribution >= 4 is 5.91 Å². The van der Waals surface area contributed by atoms with Gasteiger partial charge in [-0.05, 0) is 50.9 Å². The standard InChI is InChI=1S/C17H26N2O3/c1-4-22-16-10-13(5-6-15(16)21-3)11-19-17(20)14-7-8-18-12(2)9-14/h5-6,10,12,14,18H,4,7-9,11H2,1-3H3,(H,19,20)/t12-,14-/m0/s1. The quantitative estimate of drug-likeness (QED) is 0.845. The van der Waals surface area contributed by atoms with Gasteiger partial charge in [-0.2, -0.15) is 0 Å². The Morgan fingerprint density at radius 3 is 2.91 bits per heavy atom. The molecule has 1 aromatic carbocycles. The fraction of sp³-hybridized carbons (Fsp3) is 0.588. The summed E-state index contributed by atoms with van der Waals surface area (Å²) in [5.74, 6) is 1.68. The molecular formula is C17H26N2O3. The van der Waals surface area contributed by atoms with Crippen molar-refractivity contribution in [2.24, 2.45) is 5.92 Å². The molecule has 0 unspecified atom stereocenters. The molecule has 5 nitrogen and oxygen atoms in total. The maximum absolute atomic E-state index is 12.3. The second-order valence-electron chi connectivity index (χ2n) is 5.71. The van der Waals surface area contributed by atoms with Gasteiger partial charge in [0, 0.05) is 18.5 Å². The minimum absolute atomic E-state index is 0.112. The molecule has 122 valence electrons. The Balaban J connectivity index is 1.93. The lowest BCUT2D eigenvalue weighted by molar-refractivity contribution is -0.126. The Hall–Kier alpha value is -1.75. The summed E-state index contributed by atoms with van der Waals surface area (Å²) in [6.45, 7) is 6.07. The van der Waals surface area contributed by atoms with Gasteiger partial charge in [0.25, 0.3) is 0 Å². The molecular weight excluding hydrogens is 280 g/mol. The van der Waals surface area contributed by atoms with Crippen molar-refractivity contribution in [3.63, 3.8) is 0 Å². The summed E-state index contributed by atoms with van der Waals surface area (Å²) in [5, 5.41) is 6.40. The number of hydrogen-bond donors (Lipinski definition) is 2. The second-order valence-corrected chi connectivity index (χ2v) is 5.71. The van der Waals surface area contributed by atoms with E-state index < -0.39 is 0 Å². The first-order chi connectivity index (χ1) is 10.6. The molecule has 1 saturated heterocycles. The van der Waals surface area contributed by atoms with Crippen LogP contribution in [0.4, 0.5) is 0 Å². The predicted molar refractivity (Wildman–Crippen MR) is 86.2 cm³/mol. The van der Waals surface area contributed by atoms with E-state index in [4.69, 9.17) is 9.47 Å². The van der Waals surface area contributed by atoms with Crippen LogP contribution in [0, 0.1) is 5.92 Å². The van der Waals surface area contributed by atoms with E-state index in [0.29, 0.717) is 30.7 Å². The third kappa shape index (κ3) is 4.37. The zero-order valence-corrected chi connectivity index (χ0v) is 13.6. The number of nitrogens with one attached hydrogen (secondary N) is 2. The number of methoxy groups -OCH3 is 1. The Labute approximate surface area is 132 Å². The topological polar surface area (TPSA) is 59.6 Å². The fourth-order valence-electron chi connectivity index (χ4n) is 2.80. The zero-order valence-electron chi connectivity index (χ0n) is 13.6. The molecule has 0 aromatic heterocycles. The van der Waals surface area contributed by atoms with Gasteiger partial charge in [-0.3, -0.25) is 4.79 Å². The number of ether oxygens (including phenoxy) is 2. The summed E-state index contributed by atoms with van der Waals surface area (Å²) in [5.41, 5.74) is 1.01. The van der Waals surface area contributed by atoms with Crippen molar-refractivity contribution < 1.29 is 14.3 Å². The molecule has 0 bridgehead atoms. The molecule has 5 heteroatoms. The van der Waals surface area contributed by atoms with E-state index in [2.05, 4.69) is 17.6 Å². The number of hydrogen-bond acceptors (Lipinski definition) is 4. The van der Waals surface area contributed by atoms with Crippen molar-refractivity contribution in [1.29, 1.82) is 0 Å². The van der Waals surface area contributed by atoms with Crippen molar-refractivity contribution in [1.82, 2.24) is 10.6 Å². The summed E-state index contributed by atoms with van der Waals surface area (Å²) in [7, 11) is 1.62. The third-order valence-electron chi connectivity index (χ3n) is 3.99. The molecule has 2 N–H and O–H groups in total. The van der Waals surface area contributed by atoms with Gasteiger partial charge in [-0.1, -0.05) is 6.07 Å². The predicted octanol–water partition coefficient (Wildman–Crippen LogP) is 2.10. The van der Waals surface area contributed by atoms with Crippen LogP contribution in [0.5, 0.6) is 11.5 Å². The van der Waals surface area contributed by atoms with E-state index in [0.717, 1.165) is 24.9 Å². The molecule has 1 aromatic rings. The van der Waals surface area contributed by atoms with Gasteiger partial charge in [0.1, 0.15) is 0 Å². The molecule has 0 aliphatic carbocycles. The lowest BCUT2D eigenvalue weighted by Crippen LogP contribution is -2.42. The number of amides is 1. The van der Waals surface area contributed by atoms with Crippen LogP contribution < -0.4 is 20.1 Å². The van der Waals surface area contributed by atoms with E-state index in [-0.39, 0.29) is 11.8 Å². The van der Waals surface area contributed by atoms with E-state index >= 15 is 0 Å². The van der Waals surface area contributed by atoms with E-state index in [1.807, 2.05) is 25.1 Å². The van der Waals surface area contributed by atoms with Gasteiger partial charge in [0.05, 0.1) is 13.7 Å². The maximum Gasteiger partial charge on any atom is 0.223 e. The zero-order chi connectivity index (χ0) is 15.9. The van der Waals surface area contributed by atoms with Crippen LogP contribution >= 0.6 is 0 Å². The molecule has 1 aliphatic rings. The number of rotatable bonds is 6. The fourth-order valence-corrected chi connectivity index (χ4v) is 2.80. The van der Waals surface area contributed by atoms with Crippen LogP contribution in [-0.2, 0) is 11.3 Å². The minimum Gasteiger partial charge on any atom is -0.493 e. The molecule has 0 saturated carbocycles. The summed E-state index contributed by atoms with van der Waals surface area (Å²) >= 11 is 0. The number of piperidine rings is 1. The van der Waals surface area contributed by atoms with Crippen molar-refractivity contribution in [2.75, 3.05) is 20.3 Å². The van der Waals surface area contributed by atoms with Crippen LogP contribution in [0.1, 0.15) is 32.3 Å². The highest BCUT2D eigenvalue weighted by atomic mass is 16.5. The molecule has 0 radical (unpaired) electrons.